The molecule has 0 aromatic heterocycles. The van der Waals surface area contributed by atoms with Crippen molar-refractivity contribution in [1.82, 2.24) is 0 Å². The molecular weight excluding hydrogens is 360 g/mol. The third-order valence-corrected chi connectivity index (χ3v) is 10.2. The standard InChI is InChI=1S/CH5I2P2S/c2-1(4,5)3-6/h6H,4-5H2/q-1. The molecular formula is CH5I2P2S-. The average molecular weight is 365 g/mol. The van der Waals surface area contributed by atoms with Gasteiger partial charge in [0.05, 0.1) is 0 Å². The molecule has 0 aromatic rings. The summed E-state index contributed by atoms with van der Waals surface area (Å²) in [6.07, 6.45) is 0. The van der Waals surface area contributed by atoms with Gasteiger partial charge in [-0.25, -0.2) is 0 Å². The number of alkyl halides is 2. The summed E-state index contributed by atoms with van der Waals surface area (Å²) in [5.74, 6) is 0. The molecule has 0 nitrogen and oxygen atoms in total. The fourth-order valence-electron chi connectivity index (χ4n) is 0. The van der Waals surface area contributed by atoms with Crippen LogP contribution in [0.4, 0.5) is 0 Å². The van der Waals surface area contributed by atoms with Crippen molar-refractivity contribution < 1.29 is 19.8 Å². The molecule has 0 aliphatic rings. The summed E-state index contributed by atoms with van der Waals surface area (Å²) in [5.41, 5.74) is 0. The Balaban J connectivity index is 3.17. The molecule has 0 amide bonds. The monoisotopic (exact) mass is 365 g/mol. The molecule has 0 aliphatic heterocycles. The predicted molar refractivity (Wildman–Crippen MR) is 45.2 cm³/mol. The van der Waals surface area contributed by atoms with E-state index >= 15 is 0 Å². The molecule has 40 valence electrons. The van der Waals surface area contributed by atoms with Crippen LogP contribution in [0.15, 0.2) is 0 Å². The molecule has 0 N–H and O–H groups in total. The molecule has 6 heavy (non-hydrogen) atoms. The van der Waals surface area contributed by atoms with E-state index in [4.69, 9.17) is 0 Å². The normalized spacial score (nSPS) is 12.7. The van der Waals surface area contributed by atoms with Crippen molar-refractivity contribution >= 4 is 50.9 Å². The Kier molecular flexibility index (Phi) is 5.27. The zero-order valence-electron chi connectivity index (χ0n) is 2.86. The first-order valence-corrected chi connectivity index (χ1v) is 7.67. The van der Waals surface area contributed by atoms with Gasteiger partial charge < -0.3 is 0 Å². The molecule has 2 unspecified atom stereocenters. The van der Waals surface area contributed by atoms with E-state index in [1.807, 2.05) is 0 Å². The van der Waals surface area contributed by atoms with Crippen LogP contribution in [0, 0.1) is 0 Å². The fourth-order valence-corrected chi connectivity index (χ4v) is 0. The first kappa shape index (κ1) is 8.67. The fraction of sp³-hybridized carbons (Fsp3) is 1.00. The van der Waals surface area contributed by atoms with Gasteiger partial charge in [0, 0.05) is 0 Å². The molecule has 0 saturated carbocycles. The minimum atomic E-state index is 0.0712. The molecule has 2 atom stereocenters. The van der Waals surface area contributed by atoms with Gasteiger partial charge in [-0.1, -0.05) is 0 Å². The third kappa shape index (κ3) is 6.67. The van der Waals surface area contributed by atoms with Gasteiger partial charge in [-0.3, -0.25) is 0 Å². The van der Waals surface area contributed by atoms with Crippen molar-refractivity contribution in [1.29, 1.82) is 0 Å². The Morgan fingerprint density at radius 3 is 1.83 bits per heavy atom. The van der Waals surface area contributed by atoms with Gasteiger partial charge in [0.1, 0.15) is 0 Å². The van der Waals surface area contributed by atoms with Crippen LogP contribution in [0.5, 0.6) is 0 Å². The van der Waals surface area contributed by atoms with E-state index in [2.05, 4.69) is 50.9 Å². The Hall–Kier alpha value is 2.67. The van der Waals surface area contributed by atoms with Gasteiger partial charge in [0.2, 0.25) is 0 Å². The van der Waals surface area contributed by atoms with E-state index in [0.717, 1.165) is 0 Å². The SMILES string of the molecule is PC(P)(I)[I-]S. The van der Waals surface area contributed by atoms with Crippen LogP contribution < -0.4 is 19.8 Å². The molecule has 0 rings (SSSR count). The van der Waals surface area contributed by atoms with Gasteiger partial charge >= 0.3 is 71.6 Å². The quantitative estimate of drug-likeness (QED) is 0.255. The van der Waals surface area contributed by atoms with Crippen molar-refractivity contribution in [2.75, 3.05) is 0 Å². The molecule has 0 spiro atoms. The Morgan fingerprint density at radius 1 is 1.67 bits per heavy atom. The van der Waals surface area contributed by atoms with Crippen LogP contribution in [-0.4, -0.2) is 0.911 Å². The molecule has 0 saturated heterocycles. The maximum atomic E-state index is 4.16. The number of halogens is 2. The average Bonchev–Trinajstić information content (AvgIpc) is 1.35. The second-order valence-electron chi connectivity index (χ2n) is 0.759. The number of thiol groups is 1. The second kappa shape index (κ2) is 3.65. The number of rotatable bonds is 1. The van der Waals surface area contributed by atoms with E-state index in [0.29, 0.717) is 0.911 Å². The second-order valence-corrected chi connectivity index (χ2v) is 15.2. The first-order valence-electron chi connectivity index (χ1n) is 1.12. The third-order valence-electron chi connectivity index (χ3n) is 0.130. The summed E-state index contributed by atoms with van der Waals surface area (Å²) in [6, 6.07) is 0. The molecule has 0 radical (unpaired) electrons. The summed E-state index contributed by atoms with van der Waals surface area (Å²) in [7, 11) is 9.59. The van der Waals surface area contributed by atoms with Gasteiger partial charge in [0.25, 0.3) is 0 Å². The van der Waals surface area contributed by atoms with Crippen molar-refractivity contribution in [3.8, 4) is 0 Å². The van der Waals surface area contributed by atoms with Gasteiger partial charge in [-0.2, -0.15) is 0 Å². The number of hydrogen-bond donors (Lipinski definition) is 1. The van der Waals surface area contributed by atoms with E-state index in [-0.39, 0.29) is 19.8 Å². The number of hydrogen-bond acceptors (Lipinski definition) is 1. The zero-order chi connectivity index (χ0) is 5.21. The van der Waals surface area contributed by atoms with E-state index in [9.17, 15) is 0 Å². The maximum absolute atomic E-state index is 4.16. The molecule has 0 fully saturated rings. The Bertz CT molecular complexity index is 41.3. The summed E-state index contributed by atoms with van der Waals surface area (Å²) in [4.78, 5) is 0. The molecule has 0 aromatic carbocycles. The summed E-state index contributed by atoms with van der Waals surface area (Å²) >= 11 is 2.41. The van der Waals surface area contributed by atoms with Crippen LogP contribution in [0.1, 0.15) is 0 Å². The molecule has 0 aliphatic carbocycles. The van der Waals surface area contributed by atoms with Gasteiger partial charge in [0.15, 0.2) is 0 Å². The Morgan fingerprint density at radius 2 is 1.83 bits per heavy atom. The van der Waals surface area contributed by atoms with Crippen molar-refractivity contribution in [2.45, 2.75) is 0.911 Å². The predicted octanol–water partition coefficient (Wildman–Crippen LogP) is -1.28. The topological polar surface area (TPSA) is 0 Å². The van der Waals surface area contributed by atoms with Crippen LogP contribution in [0.3, 0.4) is 0 Å². The first-order chi connectivity index (χ1) is 2.56. The van der Waals surface area contributed by atoms with Gasteiger partial charge in [-0.05, 0) is 0 Å². The van der Waals surface area contributed by atoms with E-state index in [1.165, 1.54) is 0 Å². The van der Waals surface area contributed by atoms with Crippen LogP contribution in [0.2, 0.25) is 0 Å². The van der Waals surface area contributed by atoms with Crippen molar-refractivity contribution in [3.63, 3.8) is 0 Å². The minimum absolute atomic E-state index is 0.0712. The van der Waals surface area contributed by atoms with Gasteiger partial charge in [-0.15, -0.1) is 0 Å². The van der Waals surface area contributed by atoms with Crippen LogP contribution >= 0.6 is 50.9 Å². The van der Waals surface area contributed by atoms with E-state index < -0.39 is 0 Å². The van der Waals surface area contributed by atoms with E-state index in [1.54, 1.807) is 0 Å². The summed E-state index contributed by atoms with van der Waals surface area (Å²) < 4.78 is 0.319. The molecule has 0 heterocycles. The summed E-state index contributed by atoms with van der Waals surface area (Å²) in [6.45, 7) is 0. The molecule has 5 heteroatoms. The van der Waals surface area contributed by atoms with Crippen molar-refractivity contribution in [3.05, 3.63) is 0 Å². The Labute approximate surface area is 70.6 Å². The van der Waals surface area contributed by atoms with Crippen molar-refractivity contribution in [2.24, 2.45) is 0 Å². The molecule has 0 bridgehead atoms. The zero-order valence-corrected chi connectivity index (χ0v) is 10.4. The van der Waals surface area contributed by atoms with Crippen LogP contribution in [0.25, 0.3) is 0 Å². The summed E-state index contributed by atoms with van der Waals surface area (Å²) in [5, 5.41) is 0. The van der Waals surface area contributed by atoms with Crippen LogP contribution in [-0.2, 0) is 0 Å².